The maximum atomic E-state index is 12.7. The van der Waals surface area contributed by atoms with Crippen LogP contribution in [0.2, 0.25) is 0 Å². The summed E-state index contributed by atoms with van der Waals surface area (Å²) in [5, 5.41) is 3.32. The van der Waals surface area contributed by atoms with Gasteiger partial charge in [-0.3, -0.25) is 0 Å². The van der Waals surface area contributed by atoms with E-state index in [1.807, 2.05) is 0 Å². The van der Waals surface area contributed by atoms with E-state index in [9.17, 15) is 18.0 Å². The van der Waals surface area contributed by atoms with E-state index in [4.69, 9.17) is 4.84 Å². The fourth-order valence-electron chi connectivity index (χ4n) is 1.54. The minimum absolute atomic E-state index is 0. The first kappa shape index (κ1) is 21.7. The number of hydrogen-bond acceptors (Lipinski definition) is 6. The van der Waals surface area contributed by atoms with Gasteiger partial charge in [0.05, 0.1) is 18.4 Å². The number of ether oxygens (including phenoxy) is 1. The van der Waals surface area contributed by atoms with Gasteiger partial charge in [0.15, 0.2) is 6.61 Å². The van der Waals surface area contributed by atoms with Crippen molar-refractivity contribution in [1.82, 2.24) is 9.97 Å². The third-order valence-corrected chi connectivity index (χ3v) is 2.46. The molecule has 0 amide bonds. The second-order valence-corrected chi connectivity index (χ2v) is 3.83. The monoisotopic (exact) mass is 405 g/mol. The van der Waals surface area contributed by atoms with Crippen molar-refractivity contribution in [2.75, 3.05) is 7.11 Å². The van der Waals surface area contributed by atoms with Gasteiger partial charge in [-0.05, 0) is 6.92 Å². The summed E-state index contributed by atoms with van der Waals surface area (Å²) >= 11 is 0. The largest absolute Gasteiger partial charge is 0.465 e. The van der Waals surface area contributed by atoms with Crippen molar-refractivity contribution in [3.63, 3.8) is 0 Å². The van der Waals surface area contributed by atoms with E-state index in [1.54, 1.807) is 0 Å². The topological polar surface area (TPSA) is 73.7 Å². The minimum Gasteiger partial charge on any atom is -0.465 e. The first-order chi connectivity index (χ1) is 10.3. The van der Waals surface area contributed by atoms with Crippen LogP contribution in [0.4, 0.5) is 13.2 Å². The fraction of sp³-hybridized carbons (Fsp3) is 0.385. The van der Waals surface area contributed by atoms with Gasteiger partial charge in [-0.25, -0.2) is 14.8 Å². The molecule has 10 heteroatoms. The van der Waals surface area contributed by atoms with E-state index in [0.717, 1.165) is 13.3 Å². The predicted molar refractivity (Wildman–Crippen MR) is 70.6 cm³/mol. The van der Waals surface area contributed by atoms with E-state index in [1.165, 1.54) is 19.9 Å². The van der Waals surface area contributed by atoms with Crippen LogP contribution in [-0.2, 0) is 59.9 Å². The van der Waals surface area contributed by atoms with E-state index in [-0.39, 0.29) is 56.1 Å². The van der Waals surface area contributed by atoms with Crippen molar-refractivity contribution in [2.24, 2.45) is 5.16 Å². The first-order valence-corrected chi connectivity index (χ1v) is 6.02. The number of nitrogens with zero attached hydrogens (tertiary/aromatic N) is 3. The van der Waals surface area contributed by atoms with E-state index < -0.39 is 18.0 Å². The second-order valence-electron chi connectivity index (χ2n) is 3.83. The van der Waals surface area contributed by atoms with Crippen molar-refractivity contribution in [3.05, 3.63) is 29.4 Å². The Bertz CT molecular complexity index is 604. The van der Waals surface area contributed by atoms with Gasteiger partial charge in [0.25, 0.3) is 0 Å². The molecule has 0 N–H and O–H groups in total. The molecule has 23 heavy (non-hydrogen) atoms. The maximum Gasteiger partial charge on any atom is 0.451 e. The summed E-state index contributed by atoms with van der Waals surface area (Å²) in [4.78, 5) is 23.1. The molecule has 6 nitrogen and oxygen atoms in total. The molecule has 0 atom stereocenters. The number of rotatable bonds is 5. The average Bonchev–Trinajstić information content (AvgIpc) is 2.48. The summed E-state index contributed by atoms with van der Waals surface area (Å²) < 4.78 is 42.6. The molecular weight excluding hydrogens is 392 g/mol. The Labute approximate surface area is 156 Å². The molecule has 1 aromatic rings. The van der Waals surface area contributed by atoms with Crippen LogP contribution in [0.15, 0.2) is 17.4 Å². The Morgan fingerprint density at radius 3 is 2.61 bits per heavy atom. The summed E-state index contributed by atoms with van der Waals surface area (Å²) in [6.07, 6.45) is -0.115. The Morgan fingerprint density at radius 2 is 2.13 bits per heavy atom. The molecule has 0 aliphatic heterocycles. The van der Waals surface area contributed by atoms with Gasteiger partial charge < -0.3 is 20.9 Å². The number of carbonyl (C=O) groups excluding carboxylic acids is 1. The Balaban J connectivity index is 0.00000484. The van der Waals surface area contributed by atoms with Gasteiger partial charge >= 0.3 is 12.1 Å². The summed E-state index contributed by atoms with van der Waals surface area (Å²) in [6, 6.07) is 0. The van der Waals surface area contributed by atoms with Crippen molar-refractivity contribution >= 4 is 17.8 Å². The number of aromatic nitrogens is 2. The summed E-state index contributed by atoms with van der Waals surface area (Å²) in [5.41, 5.74) is -0.0345. The van der Waals surface area contributed by atoms with Gasteiger partial charge in [0.2, 0.25) is 5.82 Å². The predicted octanol–water partition coefficient (Wildman–Crippen LogP) is 2.47. The molecule has 0 aliphatic carbocycles. The average molecular weight is 405 g/mol. The third-order valence-electron chi connectivity index (χ3n) is 2.46. The molecular formula is C13H13F3N3O3Y-. The maximum absolute atomic E-state index is 12.7. The molecule has 123 valence electrons. The van der Waals surface area contributed by atoms with Crippen LogP contribution in [0.25, 0.3) is 5.57 Å². The molecule has 0 saturated heterocycles. The van der Waals surface area contributed by atoms with Crippen LogP contribution in [0.1, 0.15) is 30.9 Å². The van der Waals surface area contributed by atoms with Crippen LogP contribution in [0.3, 0.4) is 0 Å². The van der Waals surface area contributed by atoms with Crippen LogP contribution in [0.5, 0.6) is 0 Å². The molecule has 0 unspecified atom stereocenters. The van der Waals surface area contributed by atoms with Crippen molar-refractivity contribution in [2.45, 2.75) is 26.6 Å². The fourth-order valence-corrected chi connectivity index (χ4v) is 1.54. The standard InChI is InChI=1S/C13H13F3N3O3.Y/c1-4-8(11(20)21-3)9-6-17-12(13(14,15)16)19-10(9)7-22-18-5-2;/h4,6H,7H2,1-3H3;/q-1;/b8-4+;. The van der Waals surface area contributed by atoms with Gasteiger partial charge in [0, 0.05) is 44.5 Å². The van der Waals surface area contributed by atoms with Gasteiger partial charge in [-0.15, -0.1) is 0 Å². The summed E-state index contributed by atoms with van der Waals surface area (Å²) in [6.45, 7) is 2.61. The molecule has 0 spiro atoms. The number of allylic oxidation sites excluding steroid dienone is 1. The smallest absolute Gasteiger partial charge is 0.451 e. The Hall–Kier alpha value is -1.35. The SMILES string of the molecule is C[C-]=NOCc1nc(C(F)(F)F)ncc1/C(=C\C)C(=O)OC.[Y]. The molecule has 1 aromatic heterocycles. The molecule has 1 heterocycles. The Kier molecular flexibility index (Phi) is 9.15. The van der Waals surface area contributed by atoms with Crippen molar-refractivity contribution in [3.8, 4) is 0 Å². The molecule has 0 fully saturated rings. The number of carbonyl (C=O) groups is 1. The third kappa shape index (κ3) is 5.98. The molecule has 0 saturated carbocycles. The van der Waals surface area contributed by atoms with E-state index >= 15 is 0 Å². The van der Waals surface area contributed by atoms with Gasteiger partial charge in [0.1, 0.15) is 0 Å². The number of hydrogen-bond donors (Lipinski definition) is 0. The first-order valence-electron chi connectivity index (χ1n) is 6.02. The number of methoxy groups -OCH3 is 1. The number of alkyl halides is 3. The molecule has 1 radical (unpaired) electrons. The van der Waals surface area contributed by atoms with Crippen molar-refractivity contribution < 1.29 is 60.2 Å². The number of esters is 1. The summed E-state index contributed by atoms with van der Waals surface area (Å²) in [5.74, 6) is -2.06. The van der Waals surface area contributed by atoms with Crippen LogP contribution < -0.4 is 0 Å². The van der Waals surface area contributed by atoms with Crippen LogP contribution in [-0.4, -0.2) is 29.3 Å². The zero-order valence-corrected chi connectivity index (χ0v) is 15.5. The Morgan fingerprint density at radius 1 is 1.48 bits per heavy atom. The minimum atomic E-state index is -4.71. The van der Waals surface area contributed by atoms with E-state index in [2.05, 4.69) is 26.1 Å². The van der Waals surface area contributed by atoms with Crippen LogP contribution in [0, 0.1) is 0 Å². The van der Waals surface area contributed by atoms with Gasteiger partial charge in [-0.2, -0.15) is 20.1 Å². The second kappa shape index (κ2) is 9.72. The van der Waals surface area contributed by atoms with Crippen LogP contribution >= 0.6 is 0 Å². The van der Waals surface area contributed by atoms with E-state index in [0.29, 0.717) is 0 Å². The molecule has 0 bridgehead atoms. The van der Waals surface area contributed by atoms with Crippen molar-refractivity contribution in [1.29, 1.82) is 0 Å². The number of halogens is 3. The normalized spacial score (nSPS) is 12.0. The molecule has 0 aromatic carbocycles. The summed E-state index contributed by atoms with van der Waals surface area (Å²) in [7, 11) is 1.16. The molecule has 0 aliphatic rings. The zero-order valence-electron chi connectivity index (χ0n) is 12.6. The molecule has 1 rings (SSSR count). The van der Waals surface area contributed by atoms with Gasteiger partial charge in [-0.1, -0.05) is 6.08 Å². The quantitative estimate of drug-likeness (QED) is 0.248. The zero-order chi connectivity index (χ0) is 16.8.